The van der Waals surface area contributed by atoms with E-state index in [0.717, 1.165) is 0 Å². The Bertz CT molecular complexity index is 1050. The molecule has 2 N–H and O–H groups in total. The third-order valence-corrected chi connectivity index (χ3v) is 4.23. The van der Waals surface area contributed by atoms with E-state index in [0.29, 0.717) is 32.9 Å². The van der Waals surface area contributed by atoms with Crippen LogP contribution in [0, 0.1) is 5.95 Å². The van der Waals surface area contributed by atoms with Gasteiger partial charge in [0.25, 0.3) is 5.95 Å². The smallest absolute Gasteiger partial charge is 0.492 e. The van der Waals surface area contributed by atoms with E-state index < -0.39 is 24.8 Å². The third-order valence-electron chi connectivity index (χ3n) is 3.92. The second-order valence-electron chi connectivity index (χ2n) is 5.91. The Morgan fingerprint density at radius 1 is 1.28 bits per heavy atom. The molecule has 0 saturated carbocycles. The Morgan fingerprint density at radius 2 is 2.03 bits per heavy atom. The van der Waals surface area contributed by atoms with Gasteiger partial charge in [-0.3, -0.25) is 9.53 Å². The minimum atomic E-state index is -4.87. The Hall–Kier alpha value is -2.85. The van der Waals surface area contributed by atoms with Gasteiger partial charge in [0, 0.05) is 22.2 Å². The summed E-state index contributed by atoms with van der Waals surface area (Å²) in [6.07, 6.45) is -4.87. The summed E-state index contributed by atoms with van der Waals surface area (Å²) >= 11 is 6.28. The monoisotopic (exact) mass is 431 g/mol. The molecule has 0 aliphatic rings. The van der Waals surface area contributed by atoms with E-state index in [1.807, 2.05) is 0 Å². The summed E-state index contributed by atoms with van der Waals surface area (Å²) in [7, 11) is 1.33. The molecule has 0 fully saturated rings. The number of H-pyrrole nitrogens is 1. The highest BCUT2D eigenvalue weighted by atomic mass is 35.5. The minimum absolute atomic E-state index is 0.00152. The summed E-state index contributed by atoms with van der Waals surface area (Å²) < 4.78 is 58.0. The average Bonchev–Trinajstić information content (AvgIpc) is 3.05. The lowest BCUT2D eigenvalue weighted by atomic mass is 10.1. The molecule has 1 aromatic carbocycles. The summed E-state index contributed by atoms with van der Waals surface area (Å²) in [6.45, 7) is -1.18. The van der Waals surface area contributed by atoms with E-state index in [9.17, 15) is 22.4 Å². The predicted molar refractivity (Wildman–Crippen MR) is 96.9 cm³/mol. The highest BCUT2D eigenvalue weighted by Crippen LogP contribution is 2.32. The van der Waals surface area contributed by atoms with Crippen molar-refractivity contribution in [3.63, 3.8) is 0 Å². The maximum absolute atomic E-state index is 13.9. The first-order chi connectivity index (χ1) is 13.7. The maximum atomic E-state index is 13.9. The zero-order valence-electron chi connectivity index (χ0n) is 14.9. The minimum Gasteiger partial charge on any atom is -0.492 e. The number of amides is 1. The Labute approximate surface area is 166 Å². The first-order valence-electron chi connectivity index (χ1n) is 8.15. The molecule has 0 atom stereocenters. The van der Waals surface area contributed by atoms with Gasteiger partial charge in [0.05, 0.1) is 24.4 Å². The number of carbonyl (C=O) groups is 1. The van der Waals surface area contributed by atoms with Gasteiger partial charge in [-0.1, -0.05) is 11.6 Å². The number of nitrogens with zero attached hydrogens (tertiary/aromatic N) is 1. The van der Waals surface area contributed by atoms with Gasteiger partial charge in [-0.15, -0.1) is 13.2 Å². The average molecular weight is 432 g/mol. The first kappa shape index (κ1) is 20.9. The predicted octanol–water partition coefficient (Wildman–Crippen LogP) is 4.18. The molecule has 0 saturated heterocycles. The zero-order valence-corrected chi connectivity index (χ0v) is 15.6. The lowest BCUT2D eigenvalue weighted by Crippen LogP contribution is -2.30. The molecule has 0 radical (unpaired) electrons. The van der Waals surface area contributed by atoms with Gasteiger partial charge < -0.3 is 15.0 Å². The molecule has 6 nitrogen and oxygen atoms in total. The number of carbonyl (C=O) groups excluding carboxylic acids is 1. The number of nitrogens with one attached hydrogen (secondary N) is 2. The fraction of sp³-hybridized carbons (Fsp3) is 0.222. The molecule has 0 aliphatic heterocycles. The highest BCUT2D eigenvalue weighted by Gasteiger charge is 2.30. The second kappa shape index (κ2) is 8.26. The van der Waals surface area contributed by atoms with E-state index in [4.69, 9.17) is 16.3 Å². The van der Waals surface area contributed by atoms with Crippen LogP contribution in [0.15, 0.2) is 30.3 Å². The number of ether oxygens (including phenoxy) is 2. The summed E-state index contributed by atoms with van der Waals surface area (Å²) in [5.74, 6) is -1.70. The number of methoxy groups -OCH3 is 1. The van der Waals surface area contributed by atoms with Crippen LogP contribution in [0.5, 0.6) is 5.75 Å². The second-order valence-corrected chi connectivity index (χ2v) is 6.32. The van der Waals surface area contributed by atoms with E-state index in [1.54, 1.807) is 24.3 Å². The van der Waals surface area contributed by atoms with Crippen molar-refractivity contribution in [1.82, 2.24) is 15.3 Å². The number of rotatable bonds is 6. The molecular weight excluding hydrogens is 418 g/mol. The Kier molecular flexibility index (Phi) is 5.94. The van der Waals surface area contributed by atoms with E-state index >= 15 is 0 Å². The Balaban J connectivity index is 1.77. The summed E-state index contributed by atoms with van der Waals surface area (Å²) in [5, 5.41) is 3.33. The zero-order chi connectivity index (χ0) is 21.2. The lowest BCUT2D eigenvalue weighted by Gasteiger charge is -2.07. The number of fused-ring (bicyclic) bond motifs is 1. The molecule has 2 heterocycles. The van der Waals surface area contributed by atoms with Crippen molar-refractivity contribution in [3.8, 4) is 17.0 Å². The number of benzene rings is 1. The van der Waals surface area contributed by atoms with Crippen LogP contribution in [0.3, 0.4) is 0 Å². The van der Waals surface area contributed by atoms with Crippen LogP contribution in [0.4, 0.5) is 17.6 Å². The number of halogens is 5. The molecule has 11 heteroatoms. The SMILES string of the molecule is COc1ccc(-c2cc3[nH]c(CNC(=O)COC(F)(F)F)cc3cc2Cl)nc1F. The first-order valence-corrected chi connectivity index (χ1v) is 8.53. The molecule has 0 spiro atoms. The van der Waals surface area contributed by atoms with E-state index in [1.165, 1.54) is 13.2 Å². The molecule has 0 aliphatic carbocycles. The number of aromatic nitrogens is 2. The molecular formula is C18H14ClF4N3O3. The van der Waals surface area contributed by atoms with Gasteiger partial charge in [-0.25, -0.2) is 4.98 Å². The number of hydrogen-bond donors (Lipinski definition) is 2. The number of alkyl halides is 3. The van der Waals surface area contributed by atoms with Crippen molar-refractivity contribution in [2.75, 3.05) is 13.7 Å². The van der Waals surface area contributed by atoms with E-state index in [2.05, 4.69) is 20.0 Å². The molecule has 2 aromatic heterocycles. The summed E-state index contributed by atoms with van der Waals surface area (Å²) in [5.41, 5.74) is 1.92. The van der Waals surface area contributed by atoms with Crippen molar-refractivity contribution in [1.29, 1.82) is 0 Å². The summed E-state index contributed by atoms with van der Waals surface area (Å²) in [6, 6.07) is 7.95. The van der Waals surface area contributed by atoms with Gasteiger partial charge >= 0.3 is 6.36 Å². The Morgan fingerprint density at radius 3 is 2.69 bits per heavy atom. The van der Waals surface area contributed by atoms with Gasteiger partial charge in [0.15, 0.2) is 5.75 Å². The van der Waals surface area contributed by atoms with Crippen molar-refractivity contribution in [2.45, 2.75) is 12.9 Å². The molecule has 3 rings (SSSR count). The topological polar surface area (TPSA) is 76.2 Å². The van der Waals surface area contributed by atoms with Crippen molar-refractivity contribution < 1.29 is 31.8 Å². The van der Waals surface area contributed by atoms with Crippen molar-refractivity contribution >= 4 is 28.4 Å². The highest BCUT2D eigenvalue weighted by molar-refractivity contribution is 6.34. The van der Waals surface area contributed by atoms with E-state index in [-0.39, 0.29) is 12.3 Å². The summed E-state index contributed by atoms with van der Waals surface area (Å²) in [4.78, 5) is 18.3. The lowest BCUT2D eigenvalue weighted by molar-refractivity contribution is -0.321. The van der Waals surface area contributed by atoms with Crippen LogP contribution in [-0.4, -0.2) is 36.0 Å². The molecule has 1 amide bonds. The fourth-order valence-corrected chi connectivity index (χ4v) is 2.89. The van der Waals surface area contributed by atoms with Crippen LogP contribution in [0.2, 0.25) is 5.02 Å². The maximum Gasteiger partial charge on any atom is 0.523 e. The van der Waals surface area contributed by atoms with Crippen LogP contribution in [0.25, 0.3) is 22.2 Å². The van der Waals surface area contributed by atoms with Crippen molar-refractivity contribution in [3.05, 3.63) is 47.0 Å². The number of hydrogen-bond acceptors (Lipinski definition) is 4. The molecule has 154 valence electrons. The third kappa shape index (κ3) is 5.15. The molecule has 0 unspecified atom stereocenters. The van der Waals surface area contributed by atoms with Crippen LogP contribution < -0.4 is 10.1 Å². The van der Waals surface area contributed by atoms with Gasteiger partial charge in [-0.05, 0) is 30.3 Å². The van der Waals surface area contributed by atoms with Gasteiger partial charge in [0.1, 0.15) is 6.61 Å². The van der Waals surface area contributed by atoms with Crippen molar-refractivity contribution in [2.24, 2.45) is 0 Å². The van der Waals surface area contributed by atoms with Crippen LogP contribution >= 0.6 is 11.6 Å². The number of pyridine rings is 1. The molecule has 0 bridgehead atoms. The fourth-order valence-electron chi connectivity index (χ4n) is 2.62. The quantitative estimate of drug-likeness (QED) is 0.453. The normalized spacial score (nSPS) is 11.7. The standard InChI is InChI=1S/C18H14ClF4N3O3/c1-28-15-3-2-13(26-17(15)20)11-6-14-9(5-12(11)19)4-10(25-14)7-24-16(27)8-29-18(21,22)23/h2-6,25H,7-8H2,1H3,(H,24,27). The van der Waals surface area contributed by atoms with Gasteiger partial charge in [-0.2, -0.15) is 4.39 Å². The van der Waals surface area contributed by atoms with Gasteiger partial charge in [0.2, 0.25) is 5.91 Å². The molecule has 3 aromatic rings. The number of aromatic amines is 1. The van der Waals surface area contributed by atoms with Crippen LogP contribution in [0.1, 0.15) is 5.69 Å². The van der Waals surface area contributed by atoms with Crippen LogP contribution in [-0.2, 0) is 16.1 Å². The largest absolute Gasteiger partial charge is 0.523 e. The molecule has 29 heavy (non-hydrogen) atoms.